The second-order valence-electron chi connectivity index (χ2n) is 5.99. The van der Waals surface area contributed by atoms with E-state index in [2.05, 4.69) is 11.7 Å². The molecule has 0 bridgehead atoms. The molecule has 0 saturated heterocycles. The van der Waals surface area contributed by atoms with Crippen LogP contribution in [0.2, 0.25) is 0 Å². The molecule has 0 fully saturated rings. The molecule has 146 valence electrons. The van der Waals surface area contributed by atoms with Gasteiger partial charge in [-0.3, -0.25) is 4.79 Å². The number of oxime groups is 1. The molecule has 0 unspecified atom stereocenters. The van der Waals surface area contributed by atoms with Gasteiger partial charge >= 0.3 is 0 Å². The average Bonchev–Trinajstić information content (AvgIpc) is 2.75. The Hall–Kier alpha value is -3.34. The zero-order chi connectivity index (χ0) is 20.5. The van der Waals surface area contributed by atoms with Gasteiger partial charge in [-0.2, -0.15) is 0 Å². The zero-order valence-electron chi connectivity index (χ0n) is 16.6. The molecule has 1 N–H and O–H groups in total. The molecule has 1 amide bonds. The Labute approximate surface area is 166 Å². The predicted molar refractivity (Wildman–Crippen MR) is 113 cm³/mol. The second kappa shape index (κ2) is 10.1. The number of carbonyl (C=O) groups is 1. The van der Waals surface area contributed by atoms with Gasteiger partial charge in [0.05, 0.1) is 7.11 Å². The molecule has 0 radical (unpaired) electrons. The number of amides is 1. The third-order valence-corrected chi connectivity index (χ3v) is 4.51. The van der Waals surface area contributed by atoms with Crippen LogP contribution in [0.4, 0.5) is 0 Å². The third kappa shape index (κ3) is 4.31. The monoisotopic (exact) mass is 378 g/mol. The molecule has 0 aliphatic rings. The van der Waals surface area contributed by atoms with Crippen molar-refractivity contribution in [2.45, 2.75) is 13.8 Å². The zero-order valence-corrected chi connectivity index (χ0v) is 16.6. The summed E-state index contributed by atoms with van der Waals surface area (Å²) in [5, 5.41) is 13.5. The van der Waals surface area contributed by atoms with Gasteiger partial charge in [0.2, 0.25) is 0 Å². The van der Waals surface area contributed by atoms with E-state index in [1.54, 1.807) is 18.1 Å². The lowest BCUT2D eigenvalue weighted by Crippen LogP contribution is -2.32. The molecule has 0 spiro atoms. The van der Waals surface area contributed by atoms with Gasteiger partial charge in [0.25, 0.3) is 5.91 Å². The van der Waals surface area contributed by atoms with E-state index < -0.39 is 0 Å². The molecular formula is C23H26N2O3. The van der Waals surface area contributed by atoms with Crippen LogP contribution in [0.25, 0.3) is 5.57 Å². The molecule has 2 aromatic rings. The van der Waals surface area contributed by atoms with Gasteiger partial charge < -0.3 is 14.8 Å². The number of hydrogen-bond acceptors (Lipinski definition) is 4. The summed E-state index contributed by atoms with van der Waals surface area (Å²) in [6.45, 7) is 8.82. The fourth-order valence-electron chi connectivity index (χ4n) is 3.08. The van der Waals surface area contributed by atoms with E-state index >= 15 is 0 Å². The van der Waals surface area contributed by atoms with Gasteiger partial charge in [-0.1, -0.05) is 66.3 Å². The molecule has 2 rings (SSSR count). The highest BCUT2D eigenvalue weighted by molar-refractivity contribution is 6.36. The van der Waals surface area contributed by atoms with Crippen molar-refractivity contribution in [1.82, 2.24) is 4.90 Å². The molecule has 2 aromatic carbocycles. The Balaban J connectivity index is 2.85. The number of allylic oxidation sites excluding steroid dienone is 1. The van der Waals surface area contributed by atoms with Crippen molar-refractivity contribution in [2.24, 2.45) is 5.16 Å². The van der Waals surface area contributed by atoms with Crippen molar-refractivity contribution >= 4 is 17.2 Å². The number of ether oxygens (including phenoxy) is 1. The van der Waals surface area contributed by atoms with E-state index in [4.69, 9.17) is 4.74 Å². The fourth-order valence-corrected chi connectivity index (χ4v) is 3.08. The highest BCUT2D eigenvalue weighted by atomic mass is 16.5. The molecule has 0 saturated carbocycles. The van der Waals surface area contributed by atoms with Crippen LogP contribution in [-0.2, 0) is 4.79 Å². The summed E-state index contributed by atoms with van der Waals surface area (Å²) >= 11 is 0. The third-order valence-electron chi connectivity index (χ3n) is 4.51. The first-order valence-corrected chi connectivity index (χ1v) is 9.20. The van der Waals surface area contributed by atoms with Crippen LogP contribution < -0.4 is 4.74 Å². The second-order valence-corrected chi connectivity index (χ2v) is 5.99. The number of para-hydroxylation sites is 1. The number of carbonyl (C=O) groups excluding carboxylic acids is 1. The summed E-state index contributed by atoms with van der Waals surface area (Å²) in [6, 6.07) is 16.6. The van der Waals surface area contributed by atoms with Gasteiger partial charge in [-0.05, 0) is 19.9 Å². The summed E-state index contributed by atoms with van der Waals surface area (Å²) in [7, 11) is 1.56. The molecule has 0 aromatic heterocycles. The molecule has 5 nitrogen and oxygen atoms in total. The van der Waals surface area contributed by atoms with E-state index in [0.717, 1.165) is 0 Å². The first kappa shape index (κ1) is 21.0. The first-order valence-electron chi connectivity index (χ1n) is 9.20. The van der Waals surface area contributed by atoms with Crippen molar-refractivity contribution in [3.05, 3.63) is 84.0 Å². The van der Waals surface area contributed by atoms with Crippen molar-refractivity contribution in [3.63, 3.8) is 0 Å². The van der Waals surface area contributed by atoms with Crippen LogP contribution in [0, 0.1) is 0 Å². The lowest BCUT2D eigenvalue weighted by Gasteiger charge is -2.22. The molecule has 5 heteroatoms. The van der Waals surface area contributed by atoms with Crippen molar-refractivity contribution in [2.75, 3.05) is 20.2 Å². The first-order chi connectivity index (χ1) is 13.6. The maximum Gasteiger partial charge on any atom is 0.254 e. The standard InChI is InChI=1S/C23H26N2O3/c1-5-18(23(26)25(6-2)7-3)21(19-15-11-12-16-20(19)28-4)22(24-27)17-13-9-8-10-14-17/h5,8-16,27H,1,6-7H2,2-4H3/b21-18+,24-22+. The number of rotatable bonds is 8. The lowest BCUT2D eigenvalue weighted by atomic mass is 9.90. The van der Waals surface area contributed by atoms with Gasteiger partial charge in [-0.25, -0.2) is 0 Å². The molecular weight excluding hydrogens is 352 g/mol. The minimum atomic E-state index is -0.182. The molecule has 0 heterocycles. The SMILES string of the molecule is C=C/C(C(=O)N(CC)CC)=C(\C(=N\O)c1ccccc1)c1ccccc1OC. The minimum absolute atomic E-state index is 0.182. The summed E-state index contributed by atoms with van der Waals surface area (Å²) in [5.74, 6) is 0.388. The highest BCUT2D eigenvalue weighted by Gasteiger charge is 2.25. The summed E-state index contributed by atoms with van der Waals surface area (Å²) in [5.41, 5.74) is 2.43. The molecule has 0 aliphatic carbocycles. The van der Waals surface area contributed by atoms with Gasteiger partial charge in [0.15, 0.2) is 0 Å². The normalized spacial score (nSPS) is 12.2. The number of benzene rings is 2. The largest absolute Gasteiger partial charge is 0.496 e. The van der Waals surface area contributed by atoms with Crippen molar-refractivity contribution < 1.29 is 14.7 Å². The van der Waals surface area contributed by atoms with Crippen LogP contribution >= 0.6 is 0 Å². The Kier molecular flexibility index (Phi) is 7.57. The topological polar surface area (TPSA) is 62.1 Å². The predicted octanol–water partition coefficient (Wildman–Crippen LogP) is 4.38. The van der Waals surface area contributed by atoms with Crippen molar-refractivity contribution in [3.8, 4) is 5.75 Å². The Morgan fingerprint density at radius 3 is 2.25 bits per heavy atom. The van der Waals surface area contributed by atoms with Crippen molar-refractivity contribution in [1.29, 1.82) is 0 Å². The van der Waals surface area contributed by atoms with E-state index in [-0.39, 0.29) is 11.6 Å². The van der Waals surface area contributed by atoms with Gasteiger partial charge in [-0.15, -0.1) is 0 Å². The molecule has 0 aliphatic heterocycles. The smallest absolute Gasteiger partial charge is 0.254 e. The maximum atomic E-state index is 13.2. The summed E-state index contributed by atoms with van der Waals surface area (Å²) in [6.07, 6.45) is 1.51. The number of likely N-dealkylation sites (N-methyl/N-ethyl adjacent to an activating group) is 1. The summed E-state index contributed by atoms with van der Waals surface area (Å²) < 4.78 is 5.51. The van der Waals surface area contributed by atoms with Gasteiger partial charge in [0, 0.05) is 35.4 Å². The van der Waals surface area contributed by atoms with Crippen LogP contribution in [0.1, 0.15) is 25.0 Å². The Bertz CT molecular complexity index is 882. The number of methoxy groups -OCH3 is 1. The van der Waals surface area contributed by atoms with Gasteiger partial charge in [0.1, 0.15) is 11.5 Å². The maximum absolute atomic E-state index is 13.2. The van der Waals surface area contributed by atoms with E-state index in [9.17, 15) is 10.0 Å². The highest BCUT2D eigenvalue weighted by Crippen LogP contribution is 2.32. The van der Waals surface area contributed by atoms with Crippen LogP contribution in [0.5, 0.6) is 5.75 Å². The van der Waals surface area contributed by atoms with Crippen LogP contribution in [0.3, 0.4) is 0 Å². The van der Waals surface area contributed by atoms with Crippen LogP contribution in [0.15, 0.2) is 78.0 Å². The number of nitrogens with zero attached hydrogens (tertiary/aromatic N) is 2. The summed E-state index contributed by atoms with van der Waals surface area (Å²) in [4.78, 5) is 14.9. The minimum Gasteiger partial charge on any atom is -0.496 e. The Morgan fingerprint density at radius 2 is 1.71 bits per heavy atom. The molecule has 28 heavy (non-hydrogen) atoms. The van der Waals surface area contributed by atoms with Crippen LogP contribution in [-0.4, -0.2) is 41.9 Å². The number of hydrogen-bond donors (Lipinski definition) is 1. The molecule has 0 atom stereocenters. The fraction of sp³-hybridized carbons (Fsp3) is 0.217. The Morgan fingerprint density at radius 1 is 1.11 bits per heavy atom. The lowest BCUT2D eigenvalue weighted by molar-refractivity contribution is -0.126. The van der Waals surface area contributed by atoms with E-state index in [0.29, 0.717) is 41.1 Å². The quantitative estimate of drug-likeness (QED) is 0.244. The van der Waals surface area contributed by atoms with E-state index in [1.165, 1.54) is 6.08 Å². The van der Waals surface area contributed by atoms with E-state index in [1.807, 2.05) is 62.4 Å². The average molecular weight is 378 g/mol.